The molecule has 0 heterocycles. The first kappa shape index (κ1) is 89.7. The maximum Gasteiger partial charge on any atom is 0.127 e. The summed E-state index contributed by atoms with van der Waals surface area (Å²) in [6.07, 6.45) is 49.7. The quantitative estimate of drug-likeness (QED) is 0.0186. The molecular weight excluding hydrogens is 1290 g/mol. The number of fused-ring (bicyclic) bond motifs is 8. The largest absolute Gasteiger partial charge is 0.507 e. The highest BCUT2D eigenvalue weighted by Crippen LogP contribution is 2.56. The van der Waals surface area contributed by atoms with E-state index in [4.69, 9.17) is 0 Å². The molecule has 4 aromatic carbocycles. The van der Waals surface area contributed by atoms with Crippen molar-refractivity contribution in [3.05, 3.63) is 91.0 Å². The molecule has 0 fully saturated rings. The van der Waals surface area contributed by atoms with Crippen LogP contribution in [0.1, 0.15) is 454 Å². The number of phenols is 8. The van der Waals surface area contributed by atoms with E-state index in [0.29, 0.717) is 119 Å². The molecule has 0 saturated carbocycles. The number of phenolic OH excluding ortho intramolecular Hbond substituents is 8. The van der Waals surface area contributed by atoms with Gasteiger partial charge in [-0.2, -0.15) is 0 Å². The normalized spacial score (nSPS) is 15.2. The van der Waals surface area contributed by atoms with Gasteiger partial charge in [-0.05, 0) is 102 Å². The molecule has 0 unspecified atom stereocenters. The molecule has 0 aromatic heterocycles. The van der Waals surface area contributed by atoms with Crippen molar-refractivity contribution in [3.8, 4) is 46.0 Å². The average Bonchev–Trinajstić information content (AvgIpc) is 0.741. The molecule has 4 aromatic rings. The Morgan fingerprint density at radius 3 is 0.471 bits per heavy atom. The Kier molecular flexibility index (Phi) is 46.5. The van der Waals surface area contributed by atoms with Gasteiger partial charge in [-0.1, -0.05) is 312 Å². The lowest BCUT2D eigenvalue weighted by atomic mass is 9.74. The van der Waals surface area contributed by atoms with Gasteiger partial charge >= 0.3 is 0 Å². The summed E-state index contributed by atoms with van der Waals surface area (Å²) in [7, 11) is 0. The highest BCUT2D eigenvalue weighted by molar-refractivity contribution is 5.68. The topological polar surface area (TPSA) is 210 Å². The van der Waals surface area contributed by atoms with Crippen molar-refractivity contribution in [3.63, 3.8) is 0 Å². The highest BCUT2D eigenvalue weighted by atomic mass is 16.3. The van der Waals surface area contributed by atoms with Crippen LogP contribution < -0.4 is 21.3 Å². The van der Waals surface area contributed by atoms with Gasteiger partial charge in [-0.15, -0.1) is 0 Å². The molecule has 1 aliphatic carbocycles. The molecule has 592 valence electrons. The van der Waals surface area contributed by atoms with Crippen LogP contribution in [0.25, 0.3) is 0 Å². The van der Waals surface area contributed by atoms with Gasteiger partial charge in [0.2, 0.25) is 0 Å². The summed E-state index contributed by atoms with van der Waals surface area (Å²) in [6.45, 7) is 21.1. The van der Waals surface area contributed by atoms with Crippen molar-refractivity contribution in [2.45, 2.75) is 413 Å². The fourth-order valence-electron chi connectivity index (χ4n) is 16.5. The highest BCUT2D eigenvalue weighted by Gasteiger charge is 2.37. The molecule has 12 nitrogen and oxygen atoms in total. The zero-order valence-corrected chi connectivity index (χ0v) is 67.8. The van der Waals surface area contributed by atoms with Crippen LogP contribution in [-0.2, 0) is 26.2 Å². The SMILES string of the molecule is CCCCCCCCCCCC1c2cc(c(O)c(CNCCCC)c2O)C(CCCCCCCCCCC)c2cc(c(O)c(CNCCCC)c2O)C(CCCCCCCCCCC)c2cc(c(O)c(CNCCCC)c2O)C(CCCCCCCCCCC)c2cc1c(O)c(CNCCCC)c2O. The Balaban J connectivity index is 2.04. The van der Waals surface area contributed by atoms with Crippen molar-refractivity contribution in [1.82, 2.24) is 21.3 Å². The Labute approximate surface area is 635 Å². The smallest absolute Gasteiger partial charge is 0.127 e. The maximum absolute atomic E-state index is 13.5. The van der Waals surface area contributed by atoms with Crippen molar-refractivity contribution in [2.75, 3.05) is 26.2 Å². The van der Waals surface area contributed by atoms with E-state index < -0.39 is 23.7 Å². The molecule has 12 N–H and O–H groups in total. The van der Waals surface area contributed by atoms with Crippen LogP contribution in [0.15, 0.2) is 24.3 Å². The second-order valence-electron chi connectivity index (χ2n) is 31.7. The Hall–Kier alpha value is -4.88. The van der Waals surface area contributed by atoms with Gasteiger partial charge in [-0.3, -0.25) is 0 Å². The Morgan fingerprint density at radius 2 is 0.327 bits per heavy atom. The van der Waals surface area contributed by atoms with E-state index in [0.717, 1.165) is 154 Å². The summed E-state index contributed by atoms with van der Waals surface area (Å²) in [4.78, 5) is 0. The summed E-state index contributed by atoms with van der Waals surface area (Å²) < 4.78 is 0. The minimum Gasteiger partial charge on any atom is -0.507 e. The van der Waals surface area contributed by atoms with Gasteiger partial charge in [0.05, 0.1) is 22.3 Å². The van der Waals surface area contributed by atoms with Crippen molar-refractivity contribution in [1.29, 1.82) is 0 Å². The Morgan fingerprint density at radius 1 is 0.192 bits per heavy atom. The number of nitrogens with one attached hydrogen (secondary N) is 4. The van der Waals surface area contributed by atoms with Crippen LogP contribution in [-0.4, -0.2) is 67.0 Å². The molecule has 8 bridgehead atoms. The van der Waals surface area contributed by atoms with Crippen LogP contribution in [0.3, 0.4) is 0 Å². The van der Waals surface area contributed by atoms with Crippen LogP contribution in [0, 0.1) is 0 Å². The molecule has 0 spiro atoms. The third-order valence-corrected chi connectivity index (χ3v) is 23.1. The second-order valence-corrected chi connectivity index (χ2v) is 31.7. The second kappa shape index (κ2) is 53.8. The molecular formula is C92H156N4O8. The lowest BCUT2D eigenvalue weighted by molar-refractivity contribution is 0.403. The summed E-state index contributed by atoms with van der Waals surface area (Å²) >= 11 is 0. The van der Waals surface area contributed by atoms with E-state index in [9.17, 15) is 40.9 Å². The third kappa shape index (κ3) is 29.3. The van der Waals surface area contributed by atoms with Gasteiger partial charge in [-0.25, -0.2) is 0 Å². The summed E-state index contributed by atoms with van der Waals surface area (Å²) in [6, 6.07) is 8.04. The van der Waals surface area contributed by atoms with Gasteiger partial charge in [0.25, 0.3) is 0 Å². The van der Waals surface area contributed by atoms with Crippen molar-refractivity contribution in [2.24, 2.45) is 0 Å². The van der Waals surface area contributed by atoms with E-state index in [2.05, 4.69) is 76.7 Å². The molecule has 0 amide bonds. The van der Waals surface area contributed by atoms with Gasteiger partial charge < -0.3 is 62.1 Å². The van der Waals surface area contributed by atoms with Crippen LogP contribution in [0.5, 0.6) is 46.0 Å². The van der Waals surface area contributed by atoms with Gasteiger partial charge in [0.1, 0.15) is 46.0 Å². The summed E-state index contributed by atoms with van der Waals surface area (Å²) in [5.41, 5.74) is 6.16. The van der Waals surface area contributed by atoms with E-state index in [1.807, 2.05) is 24.3 Å². The predicted molar refractivity (Wildman–Crippen MR) is 440 cm³/mol. The number of hydrogen-bond donors (Lipinski definition) is 12. The van der Waals surface area contributed by atoms with E-state index in [1.54, 1.807) is 0 Å². The van der Waals surface area contributed by atoms with Crippen LogP contribution in [0.2, 0.25) is 0 Å². The zero-order chi connectivity index (χ0) is 75.1. The number of aromatic hydroxyl groups is 8. The van der Waals surface area contributed by atoms with Crippen molar-refractivity contribution >= 4 is 0 Å². The van der Waals surface area contributed by atoms with E-state index in [-0.39, 0.29) is 72.2 Å². The predicted octanol–water partition coefficient (Wildman–Crippen LogP) is 25.4. The van der Waals surface area contributed by atoms with E-state index >= 15 is 0 Å². The molecule has 0 atom stereocenters. The Bertz CT molecular complexity index is 2440. The van der Waals surface area contributed by atoms with Crippen molar-refractivity contribution < 1.29 is 40.9 Å². The van der Waals surface area contributed by atoms with E-state index in [1.165, 1.54) is 128 Å². The molecule has 0 saturated heterocycles. The summed E-state index contributed by atoms with van der Waals surface area (Å²) in [5.74, 6) is -2.77. The van der Waals surface area contributed by atoms with Gasteiger partial charge in [0, 0.05) is 94.4 Å². The number of hydrogen-bond acceptors (Lipinski definition) is 12. The molecule has 0 radical (unpaired) electrons. The number of benzene rings is 4. The first-order valence-electron chi connectivity index (χ1n) is 43.9. The average molecular weight is 1450 g/mol. The minimum atomic E-state index is -0.637. The molecule has 104 heavy (non-hydrogen) atoms. The first-order chi connectivity index (χ1) is 50.8. The first-order valence-corrected chi connectivity index (χ1v) is 43.9. The lowest BCUT2D eigenvalue weighted by Crippen LogP contribution is -2.19. The fourth-order valence-corrected chi connectivity index (χ4v) is 16.5. The maximum atomic E-state index is 13.5. The van der Waals surface area contributed by atoms with Crippen LogP contribution in [0.4, 0.5) is 0 Å². The number of unbranched alkanes of at least 4 members (excludes halogenated alkanes) is 36. The number of rotatable bonds is 60. The molecule has 0 aliphatic heterocycles. The zero-order valence-electron chi connectivity index (χ0n) is 67.8. The lowest BCUT2D eigenvalue weighted by Gasteiger charge is -2.32. The molecule has 5 rings (SSSR count). The third-order valence-electron chi connectivity index (χ3n) is 23.1. The molecule has 1 aliphatic rings. The molecule has 12 heteroatoms. The summed E-state index contributed by atoms with van der Waals surface area (Å²) in [5, 5.41) is 122. The van der Waals surface area contributed by atoms with Gasteiger partial charge in [0.15, 0.2) is 0 Å². The fraction of sp³-hybridized carbons (Fsp3) is 0.739. The van der Waals surface area contributed by atoms with Crippen LogP contribution >= 0.6 is 0 Å². The monoisotopic (exact) mass is 1450 g/mol. The standard InChI is InChI=1S/C92H156N4O8/c1-9-17-25-29-33-37-41-45-49-53-69-73-61-75(87(99)81(85(73)97)65-93-57-21-13-5)70(54-50-46-42-38-34-30-26-18-10-2)77-63-79(91(103)83(89(77)101)67-95-59-23-15-7)72(56-52-48-44-40-36-32-28-20-12-4)80-64-78(90(102)84(92(80)104)68-96-60-24-16-8)71(55-51-47-43-39-35-31-27-19-11-3)76-62-74(69)86(98)82(88(76)100)66-94-58-22-14-6/h61-64,69-72,93-104H,9-60,65-68H2,1-8H3. The minimum absolute atomic E-state index is 0.0273.